The number of fused-ring (bicyclic) bond motifs is 1. The molecule has 0 aromatic carbocycles. The zero-order valence-corrected chi connectivity index (χ0v) is 12.2. The van der Waals surface area contributed by atoms with Crippen molar-refractivity contribution in [2.24, 2.45) is 0 Å². The predicted octanol–water partition coefficient (Wildman–Crippen LogP) is 1.70. The SMILES string of the molecule is O=C(Cc1cn2ccsc2n1)N1CCCCC1CCO. The third-order valence-corrected chi connectivity index (χ3v) is 4.66. The van der Waals surface area contributed by atoms with Crippen LogP contribution in [0.4, 0.5) is 0 Å². The Kier molecular flexibility index (Phi) is 4.03. The number of aliphatic hydroxyl groups excluding tert-OH is 1. The maximum atomic E-state index is 12.4. The number of carbonyl (C=O) groups excluding carboxylic acids is 1. The number of hydrogen-bond donors (Lipinski definition) is 1. The Labute approximate surface area is 121 Å². The van der Waals surface area contributed by atoms with E-state index in [2.05, 4.69) is 4.98 Å². The molecular formula is C14H19N3O2S. The number of carbonyl (C=O) groups is 1. The molecule has 0 saturated carbocycles. The number of piperidine rings is 1. The van der Waals surface area contributed by atoms with Gasteiger partial charge in [-0.1, -0.05) is 0 Å². The zero-order chi connectivity index (χ0) is 13.9. The zero-order valence-electron chi connectivity index (χ0n) is 11.4. The first kappa shape index (κ1) is 13.6. The fourth-order valence-electron chi connectivity index (χ4n) is 2.90. The van der Waals surface area contributed by atoms with Crippen LogP contribution in [0.5, 0.6) is 0 Å². The molecule has 1 saturated heterocycles. The number of nitrogens with zero attached hydrogens (tertiary/aromatic N) is 3. The maximum Gasteiger partial charge on any atom is 0.228 e. The van der Waals surface area contributed by atoms with E-state index in [-0.39, 0.29) is 18.6 Å². The topological polar surface area (TPSA) is 57.8 Å². The number of amides is 1. The van der Waals surface area contributed by atoms with Gasteiger partial charge in [0.25, 0.3) is 0 Å². The van der Waals surface area contributed by atoms with Gasteiger partial charge in [0.15, 0.2) is 4.96 Å². The highest BCUT2D eigenvalue weighted by atomic mass is 32.1. The van der Waals surface area contributed by atoms with Crippen molar-refractivity contribution in [3.8, 4) is 0 Å². The highest BCUT2D eigenvalue weighted by molar-refractivity contribution is 7.15. The van der Waals surface area contributed by atoms with Crippen molar-refractivity contribution in [1.82, 2.24) is 14.3 Å². The molecule has 5 nitrogen and oxygen atoms in total. The monoisotopic (exact) mass is 293 g/mol. The van der Waals surface area contributed by atoms with Crippen LogP contribution in [-0.2, 0) is 11.2 Å². The Morgan fingerprint density at radius 1 is 1.50 bits per heavy atom. The van der Waals surface area contributed by atoms with Gasteiger partial charge in [-0.2, -0.15) is 0 Å². The molecule has 1 aliphatic rings. The predicted molar refractivity (Wildman–Crippen MR) is 77.8 cm³/mol. The molecule has 1 N–H and O–H groups in total. The molecule has 1 amide bonds. The lowest BCUT2D eigenvalue weighted by atomic mass is 9.99. The lowest BCUT2D eigenvalue weighted by Gasteiger charge is -2.35. The van der Waals surface area contributed by atoms with E-state index in [0.717, 1.165) is 36.5 Å². The first-order chi connectivity index (χ1) is 9.78. The number of thiazole rings is 1. The molecular weight excluding hydrogens is 274 g/mol. The quantitative estimate of drug-likeness (QED) is 0.933. The first-order valence-corrected chi connectivity index (χ1v) is 7.97. The second-order valence-electron chi connectivity index (χ2n) is 5.25. The fourth-order valence-corrected chi connectivity index (χ4v) is 3.61. The van der Waals surface area contributed by atoms with E-state index in [1.54, 1.807) is 11.3 Å². The van der Waals surface area contributed by atoms with Crippen LogP contribution in [0.3, 0.4) is 0 Å². The van der Waals surface area contributed by atoms with Crippen LogP contribution in [0.2, 0.25) is 0 Å². The van der Waals surface area contributed by atoms with E-state index in [1.165, 1.54) is 0 Å². The van der Waals surface area contributed by atoms with Crippen LogP contribution in [0.25, 0.3) is 4.96 Å². The standard InChI is InChI=1S/C14H19N3O2S/c18-7-4-12-3-1-2-5-17(12)13(19)9-11-10-16-6-8-20-14(16)15-11/h6,8,10,12,18H,1-5,7,9H2. The molecule has 1 unspecified atom stereocenters. The molecule has 1 fully saturated rings. The molecule has 3 heterocycles. The summed E-state index contributed by atoms with van der Waals surface area (Å²) in [6, 6.07) is 0.199. The van der Waals surface area contributed by atoms with E-state index < -0.39 is 0 Å². The molecule has 0 bridgehead atoms. The smallest absolute Gasteiger partial charge is 0.228 e. The average molecular weight is 293 g/mol. The van der Waals surface area contributed by atoms with Gasteiger partial charge >= 0.3 is 0 Å². The molecule has 6 heteroatoms. The van der Waals surface area contributed by atoms with Crippen LogP contribution in [0.1, 0.15) is 31.4 Å². The third kappa shape index (κ3) is 2.71. The Hall–Kier alpha value is -1.40. The second kappa shape index (κ2) is 5.93. The lowest BCUT2D eigenvalue weighted by Crippen LogP contribution is -2.44. The van der Waals surface area contributed by atoms with Crippen LogP contribution in [0.15, 0.2) is 17.8 Å². The molecule has 1 aliphatic heterocycles. The Morgan fingerprint density at radius 3 is 3.20 bits per heavy atom. The van der Waals surface area contributed by atoms with Gasteiger partial charge < -0.3 is 10.0 Å². The normalized spacial score (nSPS) is 19.6. The minimum atomic E-state index is 0.133. The molecule has 0 radical (unpaired) electrons. The number of likely N-dealkylation sites (tertiary alicyclic amines) is 1. The molecule has 2 aromatic rings. The van der Waals surface area contributed by atoms with Crippen LogP contribution >= 0.6 is 11.3 Å². The van der Waals surface area contributed by atoms with Crippen molar-refractivity contribution in [2.45, 2.75) is 38.1 Å². The van der Waals surface area contributed by atoms with Gasteiger partial charge in [0.1, 0.15) is 0 Å². The Morgan fingerprint density at radius 2 is 2.40 bits per heavy atom. The van der Waals surface area contributed by atoms with Gasteiger partial charge in [-0.05, 0) is 25.7 Å². The van der Waals surface area contributed by atoms with Crippen LogP contribution in [0, 0.1) is 0 Å². The molecule has 3 rings (SSSR count). The van der Waals surface area contributed by atoms with Crippen molar-refractivity contribution in [3.63, 3.8) is 0 Å². The minimum Gasteiger partial charge on any atom is -0.396 e. The number of aliphatic hydroxyl groups is 1. The molecule has 20 heavy (non-hydrogen) atoms. The summed E-state index contributed by atoms with van der Waals surface area (Å²) in [5.41, 5.74) is 0.829. The fraction of sp³-hybridized carbons (Fsp3) is 0.571. The van der Waals surface area contributed by atoms with E-state index >= 15 is 0 Å². The van der Waals surface area contributed by atoms with Gasteiger partial charge in [0.2, 0.25) is 5.91 Å². The molecule has 0 aliphatic carbocycles. The number of aromatic nitrogens is 2. The highest BCUT2D eigenvalue weighted by Crippen LogP contribution is 2.21. The van der Waals surface area contributed by atoms with E-state index in [1.807, 2.05) is 27.1 Å². The van der Waals surface area contributed by atoms with E-state index in [4.69, 9.17) is 5.11 Å². The summed E-state index contributed by atoms with van der Waals surface area (Å²) in [6.45, 7) is 0.959. The second-order valence-corrected chi connectivity index (χ2v) is 6.12. The van der Waals surface area contributed by atoms with Gasteiger partial charge in [0, 0.05) is 37.0 Å². The number of rotatable bonds is 4. The largest absolute Gasteiger partial charge is 0.396 e. The average Bonchev–Trinajstić information content (AvgIpc) is 3.00. The third-order valence-electron chi connectivity index (χ3n) is 3.89. The summed E-state index contributed by atoms with van der Waals surface area (Å²) in [5.74, 6) is 0.133. The first-order valence-electron chi connectivity index (χ1n) is 7.09. The van der Waals surface area contributed by atoms with Crippen molar-refractivity contribution in [1.29, 1.82) is 0 Å². The van der Waals surface area contributed by atoms with Crippen molar-refractivity contribution in [3.05, 3.63) is 23.5 Å². The summed E-state index contributed by atoms with van der Waals surface area (Å²) in [7, 11) is 0. The molecule has 108 valence electrons. The van der Waals surface area contributed by atoms with Crippen LogP contribution in [-0.4, -0.2) is 44.5 Å². The highest BCUT2D eigenvalue weighted by Gasteiger charge is 2.26. The van der Waals surface area contributed by atoms with Gasteiger partial charge in [-0.25, -0.2) is 4.98 Å². The Bertz CT molecular complexity index is 562. The Balaban J connectivity index is 1.69. The summed E-state index contributed by atoms with van der Waals surface area (Å²) < 4.78 is 1.95. The summed E-state index contributed by atoms with van der Waals surface area (Å²) in [6.07, 6.45) is 8.14. The van der Waals surface area contributed by atoms with Crippen molar-refractivity contribution in [2.75, 3.05) is 13.2 Å². The van der Waals surface area contributed by atoms with Gasteiger partial charge in [-0.15, -0.1) is 11.3 Å². The van der Waals surface area contributed by atoms with Crippen LogP contribution < -0.4 is 0 Å². The maximum absolute atomic E-state index is 12.4. The van der Waals surface area contributed by atoms with Crippen molar-refractivity contribution >= 4 is 22.2 Å². The molecule has 0 spiro atoms. The summed E-state index contributed by atoms with van der Waals surface area (Å²) in [4.78, 5) is 19.8. The van der Waals surface area contributed by atoms with Gasteiger partial charge in [0.05, 0.1) is 12.1 Å². The van der Waals surface area contributed by atoms with E-state index in [9.17, 15) is 4.79 Å². The number of imidazole rings is 1. The number of hydrogen-bond acceptors (Lipinski definition) is 4. The lowest BCUT2D eigenvalue weighted by molar-refractivity contribution is -0.134. The van der Waals surface area contributed by atoms with E-state index in [0.29, 0.717) is 12.8 Å². The van der Waals surface area contributed by atoms with Crippen molar-refractivity contribution < 1.29 is 9.90 Å². The summed E-state index contributed by atoms with van der Waals surface area (Å²) in [5, 5.41) is 11.1. The summed E-state index contributed by atoms with van der Waals surface area (Å²) >= 11 is 1.57. The molecule has 2 aromatic heterocycles. The minimum absolute atomic E-state index is 0.133. The van der Waals surface area contributed by atoms with Gasteiger partial charge in [-0.3, -0.25) is 9.20 Å². The molecule has 1 atom stereocenters.